The summed E-state index contributed by atoms with van der Waals surface area (Å²) in [5.41, 5.74) is 2.12. The second kappa shape index (κ2) is 9.07. The van der Waals surface area contributed by atoms with E-state index in [-0.39, 0.29) is 18.0 Å². The SMILES string of the molecule is Cc1cccc(C)c1NC(=O)CN(C)C(=O)CNC(=O)c1ccc(F)cc1F. The minimum Gasteiger partial charge on any atom is -0.343 e. The van der Waals surface area contributed by atoms with Gasteiger partial charge in [0.1, 0.15) is 11.6 Å². The van der Waals surface area contributed by atoms with Crippen molar-refractivity contribution in [2.24, 2.45) is 0 Å². The predicted octanol–water partition coefficient (Wildman–Crippen LogP) is 2.41. The molecule has 0 aliphatic rings. The van der Waals surface area contributed by atoms with Crippen molar-refractivity contribution in [3.05, 3.63) is 64.7 Å². The highest BCUT2D eigenvalue weighted by molar-refractivity contribution is 5.98. The Morgan fingerprint density at radius 2 is 1.68 bits per heavy atom. The molecular formula is C20H21F2N3O3. The van der Waals surface area contributed by atoms with Crippen molar-refractivity contribution in [1.29, 1.82) is 0 Å². The summed E-state index contributed by atoms with van der Waals surface area (Å²) in [5, 5.41) is 5.02. The third kappa shape index (κ3) is 5.35. The zero-order chi connectivity index (χ0) is 20.8. The van der Waals surface area contributed by atoms with Crippen LogP contribution in [0.25, 0.3) is 0 Å². The molecule has 0 bridgehead atoms. The molecule has 0 fully saturated rings. The van der Waals surface area contributed by atoms with Crippen LogP contribution in [0, 0.1) is 25.5 Å². The smallest absolute Gasteiger partial charge is 0.254 e. The molecule has 28 heavy (non-hydrogen) atoms. The molecule has 148 valence electrons. The van der Waals surface area contributed by atoms with Crippen molar-refractivity contribution in [3.8, 4) is 0 Å². The molecule has 0 aromatic heterocycles. The number of benzene rings is 2. The van der Waals surface area contributed by atoms with Gasteiger partial charge in [-0.1, -0.05) is 18.2 Å². The van der Waals surface area contributed by atoms with Crippen LogP contribution in [0.2, 0.25) is 0 Å². The van der Waals surface area contributed by atoms with E-state index < -0.39 is 30.0 Å². The van der Waals surface area contributed by atoms with E-state index in [1.165, 1.54) is 7.05 Å². The van der Waals surface area contributed by atoms with Gasteiger partial charge in [-0.2, -0.15) is 0 Å². The summed E-state index contributed by atoms with van der Waals surface area (Å²) in [4.78, 5) is 37.4. The fourth-order valence-electron chi connectivity index (χ4n) is 2.55. The van der Waals surface area contributed by atoms with Crippen molar-refractivity contribution in [1.82, 2.24) is 10.2 Å². The zero-order valence-electron chi connectivity index (χ0n) is 15.8. The number of halogens is 2. The lowest BCUT2D eigenvalue weighted by atomic mass is 10.1. The van der Waals surface area contributed by atoms with Crippen LogP contribution < -0.4 is 10.6 Å². The molecule has 0 heterocycles. The van der Waals surface area contributed by atoms with E-state index in [0.29, 0.717) is 11.8 Å². The summed E-state index contributed by atoms with van der Waals surface area (Å²) >= 11 is 0. The summed E-state index contributed by atoms with van der Waals surface area (Å²) in [5.74, 6) is -3.60. The summed E-state index contributed by atoms with van der Waals surface area (Å²) < 4.78 is 26.5. The Bertz CT molecular complexity index is 895. The van der Waals surface area contributed by atoms with Crippen LogP contribution in [0.3, 0.4) is 0 Å². The van der Waals surface area contributed by atoms with Crippen LogP contribution in [0.4, 0.5) is 14.5 Å². The Morgan fingerprint density at radius 3 is 2.29 bits per heavy atom. The highest BCUT2D eigenvalue weighted by Crippen LogP contribution is 2.19. The standard InChI is InChI=1S/C20H21F2N3O3/c1-12-5-4-6-13(2)19(12)24-17(26)11-25(3)18(27)10-23-20(28)15-8-7-14(21)9-16(15)22/h4-9H,10-11H2,1-3H3,(H,23,28)(H,24,26). The average Bonchev–Trinajstić information content (AvgIpc) is 2.62. The van der Waals surface area contributed by atoms with E-state index in [1.54, 1.807) is 0 Å². The molecule has 2 N–H and O–H groups in total. The number of hydrogen-bond acceptors (Lipinski definition) is 3. The monoisotopic (exact) mass is 389 g/mol. The van der Waals surface area contributed by atoms with Gasteiger partial charge in [-0.15, -0.1) is 0 Å². The molecule has 2 aromatic rings. The first kappa shape index (κ1) is 21.0. The summed E-state index contributed by atoms with van der Waals surface area (Å²) in [6.45, 7) is 3.08. The minimum atomic E-state index is -1.02. The molecule has 8 heteroatoms. The lowest BCUT2D eigenvalue weighted by molar-refractivity contribution is -0.132. The molecule has 0 spiro atoms. The van der Waals surface area contributed by atoms with Crippen LogP contribution >= 0.6 is 0 Å². The van der Waals surface area contributed by atoms with E-state index in [0.717, 1.165) is 28.2 Å². The molecule has 2 rings (SSSR count). The van der Waals surface area contributed by atoms with Gasteiger partial charge in [0.15, 0.2) is 0 Å². The van der Waals surface area contributed by atoms with Crippen LogP contribution in [0.1, 0.15) is 21.5 Å². The fourth-order valence-corrected chi connectivity index (χ4v) is 2.55. The maximum atomic E-state index is 13.6. The van der Waals surface area contributed by atoms with E-state index in [4.69, 9.17) is 0 Å². The third-order valence-electron chi connectivity index (χ3n) is 4.13. The molecular weight excluding hydrogens is 368 g/mol. The topological polar surface area (TPSA) is 78.5 Å². The first-order chi connectivity index (χ1) is 13.2. The number of aryl methyl sites for hydroxylation is 2. The summed E-state index contributed by atoms with van der Waals surface area (Å²) in [6, 6.07) is 8.13. The quantitative estimate of drug-likeness (QED) is 0.796. The summed E-state index contributed by atoms with van der Waals surface area (Å²) in [7, 11) is 1.41. The summed E-state index contributed by atoms with van der Waals surface area (Å²) in [6.07, 6.45) is 0. The lowest BCUT2D eigenvalue weighted by Crippen LogP contribution is -2.41. The number of rotatable bonds is 6. The predicted molar refractivity (Wildman–Crippen MR) is 101 cm³/mol. The second-order valence-corrected chi connectivity index (χ2v) is 6.37. The average molecular weight is 389 g/mol. The number of anilines is 1. The molecule has 0 aliphatic carbocycles. The number of hydrogen-bond donors (Lipinski definition) is 2. The maximum absolute atomic E-state index is 13.6. The van der Waals surface area contributed by atoms with Gasteiger partial charge in [-0.3, -0.25) is 14.4 Å². The number of carbonyl (C=O) groups excluding carboxylic acids is 3. The zero-order valence-corrected chi connectivity index (χ0v) is 15.8. The molecule has 0 radical (unpaired) electrons. The largest absolute Gasteiger partial charge is 0.343 e. The van der Waals surface area contributed by atoms with Gasteiger partial charge in [-0.25, -0.2) is 8.78 Å². The number of para-hydroxylation sites is 1. The molecule has 6 nitrogen and oxygen atoms in total. The maximum Gasteiger partial charge on any atom is 0.254 e. The number of likely N-dealkylation sites (N-methyl/N-ethyl adjacent to an activating group) is 1. The Kier molecular flexibility index (Phi) is 6.81. The van der Waals surface area contributed by atoms with Gasteiger partial charge in [0.25, 0.3) is 5.91 Å². The Balaban J connectivity index is 1.88. The molecule has 2 aromatic carbocycles. The van der Waals surface area contributed by atoms with Crippen LogP contribution in [0.5, 0.6) is 0 Å². The van der Waals surface area contributed by atoms with E-state index in [9.17, 15) is 23.2 Å². The first-order valence-electron chi connectivity index (χ1n) is 8.52. The molecule has 0 aliphatic heterocycles. The van der Waals surface area contributed by atoms with Crippen molar-refractivity contribution in [2.45, 2.75) is 13.8 Å². The third-order valence-corrected chi connectivity index (χ3v) is 4.13. The van der Waals surface area contributed by atoms with Gasteiger partial charge in [0.2, 0.25) is 11.8 Å². The molecule has 0 saturated carbocycles. The van der Waals surface area contributed by atoms with Crippen LogP contribution in [-0.4, -0.2) is 42.8 Å². The number of amides is 3. The van der Waals surface area contributed by atoms with Crippen molar-refractivity contribution in [3.63, 3.8) is 0 Å². The Labute approximate surface area is 161 Å². The van der Waals surface area contributed by atoms with Crippen LogP contribution in [0.15, 0.2) is 36.4 Å². The van der Waals surface area contributed by atoms with Gasteiger partial charge >= 0.3 is 0 Å². The number of nitrogens with one attached hydrogen (secondary N) is 2. The van der Waals surface area contributed by atoms with E-state index >= 15 is 0 Å². The van der Waals surface area contributed by atoms with E-state index in [1.807, 2.05) is 32.0 Å². The van der Waals surface area contributed by atoms with Crippen molar-refractivity contribution >= 4 is 23.4 Å². The molecule has 3 amide bonds. The van der Waals surface area contributed by atoms with E-state index in [2.05, 4.69) is 10.6 Å². The highest BCUT2D eigenvalue weighted by Gasteiger charge is 2.17. The Morgan fingerprint density at radius 1 is 1.04 bits per heavy atom. The second-order valence-electron chi connectivity index (χ2n) is 6.37. The fraction of sp³-hybridized carbons (Fsp3) is 0.250. The van der Waals surface area contributed by atoms with Crippen molar-refractivity contribution < 1.29 is 23.2 Å². The first-order valence-corrected chi connectivity index (χ1v) is 8.52. The van der Waals surface area contributed by atoms with Gasteiger partial charge in [0.05, 0.1) is 18.7 Å². The van der Waals surface area contributed by atoms with Gasteiger partial charge < -0.3 is 15.5 Å². The van der Waals surface area contributed by atoms with Gasteiger partial charge in [0, 0.05) is 18.8 Å². The number of carbonyl (C=O) groups is 3. The molecule has 0 atom stereocenters. The lowest BCUT2D eigenvalue weighted by Gasteiger charge is -2.18. The molecule has 0 saturated heterocycles. The molecule has 0 unspecified atom stereocenters. The normalized spacial score (nSPS) is 10.3. The minimum absolute atomic E-state index is 0.215. The highest BCUT2D eigenvalue weighted by atomic mass is 19.1. The van der Waals surface area contributed by atoms with Crippen LogP contribution in [-0.2, 0) is 9.59 Å². The van der Waals surface area contributed by atoms with Gasteiger partial charge in [-0.05, 0) is 37.1 Å². The number of nitrogens with zero attached hydrogens (tertiary/aromatic N) is 1. The Hall–Kier alpha value is -3.29. The van der Waals surface area contributed by atoms with Crippen molar-refractivity contribution in [2.75, 3.05) is 25.5 Å².